The van der Waals surface area contributed by atoms with E-state index in [-0.39, 0.29) is 13.2 Å². The molecule has 3 aliphatic heterocycles. The van der Waals surface area contributed by atoms with Crippen LogP contribution in [-0.2, 0) is 28.5 Å². The molecular formula is C15H24O8. The highest BCUT2D eigenvalue weighted by atomic mass is 16.9. The topological polar surface area (TPSA) is 104 Å². The Balaban J connectivity index is 2.06. The number of carbonyl (C=O) groups is 1. The van der Waals surface area contributed by atoms with Gasteiger partial charge in [0.2, 0.25) is 5.79 Å². The van der Waals surface area contributed by atoms with Gasteiger partial charge in [0.25, 0.3) is 0 Å². The van der Waals surface area contributed by atoms with Gasteiger partial charge in [0.1, 0.15) is 18.8 Å². The number of carboxylic acid groups (broad SMARTS) is 1. The average Bonchev–Trinajstić information content (AvgIpc) is 2.91. The van der Waals surface area contributed by atoms with Gasteiger partial charge in [-0.15, -0.1) is 0 Å². The van der Waals surface area contributed by atoms with Crippen molar-refractivity contribution in [3.8, 4) is 0 Å². The van der Waals surface area contributed by atoms with Crippen LogP contribution in [0.3, 0.4) is 0 Å². The fraction of sp³-hybridized carbons (Fsp3) is 0.933. The molecule has 1 spiro atoms. The molecule has 8 heteroatoms. The first-order valence-electron chi connectivity index (χ1n) is 7.71. The lowest BCUT2D eigenvalue weighted by Gasteiger charge is -2.52. The molecule has 0 aromatic heterocycles. The van der Waals surface area contributed by atoms with Crippen LogP contribution in [0.5, 0.6) is 0 Å². The van der Waals surface area contributed by atoms with Crippen molar-refractivity contribution in [3.63, 3.8) is 0 Å². The molecule has 23 heavy (non-hydrogen) atoms. The molecule has 3 fully saturated rings. The van der Waals surface area contributed by atoms with Crippen LogP contribution in [-0.4, -0.2) is 64.6 Å². The molecule has 4 unspecified atom stereocenters. The fourth-order valence-electron chi connectivity index (χ4n) is 3.64. The third-order valence-corrected chi connectivity index (χ3v) is 4.76. The van der Waals surface area contributed by atoms with E-state index in [1.54, 1.807) is 27.7 Å². The molecule has 0 aliphatic carbocycles. The van der Waals surface area contributed by atoms with E-state index in [2.05, 4.69) is 0 Å². The van der Waals surface area contributed by atoms with Crippen molar-refractivity contribution in [2.24, 2.45) is 5.92 Å². The molecule has 0 radical (unpaired) electrons. The summed E-state index contributed by atoms with van der Waals surface area (Å²) in [5.74, 6) is -5.98. The second-order valence-electron chi connectivity index (χ2n) is 7.33. The number of aliphatic carboxylic acids is 1. The highest BCUT2D eigenvalue weighted by Crippen LogP contribution is 2.52. The zero-order valence-corrected chi connectivity index (χ0v) is 14.0. The Kier molecular flexibility index (Phi) is 3.61. The quantitative estimate of drug-likeness (QED) is 0.752. The van der Waals surface area contributed by atoms with Crippen LogP contribution in [0.15, 0.2) is 0 Å². The minimum absolute atomic E-state index is 0.0961. The van der Waals surface area contributed by atoms with Crippen LogP contribution in [0.25, 0.3) is 0 Å². The Morgan fingerprint density at radius 3 is 2.30 bits per heavy atom. The predicted molar refractivity (Wildman–Crippen MR) is 75.4 cm³/mol. The van der Waals surface area contributed by atoms with Gasteiger partial charge in [-0.3, -0.25) is 4.79 Å². The number of hydrogen-bond donors (Lipinski definition) is 2. The van der Waals surface area contributed by atoms with Gasteiger partial charge in [-0.2, -0.15) is 0 Å². The number of ether oxygens (including phenoxy) is 5. The molecule has 0 aromatic carbocycles. The molecule has 8 nitrogen and oxygen atoms in total. The van der Waals surface area contributed by atoms with Crippen LogP contribution in [0.2, 0.25) is 0 Å². The number of aliphatic hydroxyl groups is 1. The van der Waals surface area contributed by atoms with Crippen LogP contribution in [0, 0.1) is 5.92 Å². The van der Waals surface area contributed by atoms with Gasteiger partial charge in [-0.05, 0) is 34.6 Å². The smallest absolute Gasteiger partial charge is 0.309 e. The van der Waals surface area contributed by atoms with E-state index < -0.39 is 47.1 Å². The Morgan fingerprint density at radius 2 is 1.78 bits per heavy atom. The highest BCUT2D eigenvalue weighted by molar-refractivity contribution is 5.71. The molecule has 132 valence electrons. The lowest BCUT2D eigenvalue weighted by molar-refractivity contribution is -0.375. The summed E-state index contributed by atoms with van der Waals surface area (Å²) in [5.41, 5.74) is -1.97. The van der Waals surface area contributed by atoms with Crippen molar-refractivity contribution >= 4 is 5.97 Å². The van der Waals surface area contributed by atoms with Gasteiger partial charge in [0, 0.05) is 0 Å². The Labute approximate surface area is 134 Å². The summed E-state index contributed by atoms with van der Waals surface area (Å²) < 4.78 is 28.8. The molecule has 0 bridgehead atoms. The zero-order valence-electron chi connectivity index (χ0n) is 14.0. The lowest BCUT2D eigenvalue weighted by atomic mass is 9.73. The minimum atomic E-state index is -1.97. The van der Waals surface area contributed by atoms with Gasteiger partial charge in [-0.1, -0.05) is 0 Å². The van der Waals surface area contributed by atoms with E-state index >= 15 is 0 Å². The molecule has 3 rings (SSSR count). The normalized spacial score (nSPS) is 45.8. The van der Waals surface area contributed by atoms with Crippen molar-refractivity contribution in [1.82, 2.24) is 0 Å². The molecule has 3 aliphatic rings. The van der Waals surface area contributed by atoms with Crippen molar-refractivity contribution in [2.75, 3.05) is 13.2 Å². The van der Waals surface area contributed by atoms with Crippen LogP contribution in [0.4, 0.5) is 0 Å². The number of rotatable bonds is 2. The third-order valence-electron chi connectivity index (χ3n) is 4.76. The van der Waals surface area contributed by atoms with Crippen molar-refractivity contribution in [3.05, 3.63) is 0 Å². The second kappa shape index (κ2) is 4.87. The highest BCUT2D eigenvalue weighted by Gasteiger charge is 2.73. The van der Waals surface area contributed by atoms with Crippen molar-refractivity contribution < 1.29 is 38.7 Å². The summed E-state index contributed by atoms with van der Waals surface area (Å²) in [6.07, 6.45) is -1.50. The zero-order chi connectivity index (χ0) is 17.3. The van der Waals surface area contributed by atoms with Crippen LogP contribution < -0.4 is 0 Å². The van der Waals surface area contributed by atoms with Crippen molar-refractivity contribution in [2.45, 2.75) is 69.8 Å². The standard InChI is InChI=1S/C15H24O8/c1-8(11(16)17)15(18)10-9(21-13(4,5)22-10)6-19-14(15)7-20-12(2,3)23-14/h8-10,18H,6-7H2,1-5H3,(H,16,17)/t8?,9-,10?,14?,15?/m1/s1. The number of carboxylic acids is 1. The maximum Gasteiger partial charge on any atom is 0.309 e. The van der Waals surface area contributed by atoms with E-state index in [0.717, 1.165) is 0 Å². The first-order valence-corrected chi connectivity index (χ1v) is 7.71. The Hall–Kier alpha value is -0.770. The van der Waals surface area contributed by atoms with E-state index in [1.807, 2.05) is 0 Å². The van der Waals surface area contributed by atoms with Gasteiger partial charge < -0.3 is 33.9 Å². The molecule has 3 saturated heterocycles. The van der Waals surface area contributed by atoms with Gasteiger partial charge >= 0.3 is 5.97 Å². The monoisotopic (exact) mass is 332 g/mol. The first kappa shape index (κ1) is 17.1. The summed E-state index contributed by atoms with van der Waals surface area (Å²) >= 11 is 0. The Bertz CT molecular complexity index is 516. The molecule has 0 saturated carbocycles. The summed E-state index contributed by atoms with van der Waals surface area (Å²) in [6.45, 7) is 8.19. The first-order chi connectivity index (χ1) is 10.4. The van der Waals surface area contributed by atoms with E-state index in [4.69, 9.17) is 23.7 Å². The fourth-order valence-corrected chi connectivity index (χ4v) is 3.64. The Morgan fingerprint density at radius 1 is 1.13 bits per heavy atom. The maximum atomic E-state index is 11.6. The van der Waals surface area contributed by atoms with Gasteiger partial charge in [0.05, 0.1) is 12.5 Å². The third kappa shape index (κ3) is 2.40. The molecule has 0 aromatic rings. The molecule has 2 N–H and O–H groups in total. The summed E-state index contributed by atoms with van der Waals surface area (Å²) in [7, 11) is 0. The van der Waals surface area contributed by atoms with Gasteiger partial charge in [-0.25, -0.2) is 0 Å². The van der Waals surface area contributed by atoms with Gasteiger partial charge in [0.15, 0.2) is 17.2 Å². The maximum absolute atomic E-state index is 11.6. The lowest BCUT2D eigenvalue weighted by Crippen LogP contribution is -2.74. The molecule has 5 atom stereocenters. The van der Waals surface area contributed by atoms with E-state index in [9.17, 15) is 15.0 Å². The molecule has 3 heterocycles. The van der Waals surface area contributed by atoms with E-state index in [1.165, 1.54) is 6.92 Å². The second-order valence-corrected chi connectivity index (χ2v) is 7.33. The predicted octanol–water partition coefficient (Wildman–Crippen LogP) is 0.468. The average molecular weight is 332 g/mol. The van der Waals surface area contributed by atoms with Crippen LogP contribution >= 0.6 is 0 Å². The minimum Gasteiger partial charge on any atom is -0.481 e. The summed E-state index contributed by atoms with van der Waals surface area (Å²) in [6, 6.07) is 0. The van der Waals surface area contributed by atoms with Crippen LogP contribution in [0.1, 0.15) is 34.6 Å². The SMILES string of the molecule is CC(C(=O)O)C1(O)C2OC(C)(C)O[C@@H]2COC12COC(C)(C)O2. The molecule has 0 amide bonds. The van der Waals surface area contributed by atoms with Crippen molar-refractivity contribution in [1.29, 1.82) is 0 Å². The largest absolute Gasteiger partial charge is 0.481 e. The molecular weight excluding hydrogens is 308 g/mol. The number of hydrogen-bond acceptors (Lipinski definition) is 7. The number of fused-ring (bicyclic) bond motifs is 1. The summed E-state index contributed by atoms with van der Waals surface area (Å²) in [4.78, 5) is 11.6. The van der Waals surface area contributed by atoms with E-state index in [0.29, 0.717) is 0 Å². The summed E-state index contributed by atoms with van der Waals surface area (Å²) in [5, 5.41) is 21.0.